The molecule has 2 rings (SSSR count). The highest BCUT2D eigenvalue weighted by Crippen LogP contribution is 2.32. The minimum atomic E-state index is -3.40. The predicted octanol–water partition coefficient (Wildman–Crippen LogP) is 2.17. The van der Waals surface area contributed by atoms with E-state index in [1.54, 1.807) is 16.4 Å². The van der Waals surface area contributed by atoms with E-state index in [2.05, 4.69) is 0 Å². The van der Waals surface area contributed by atoms with Crippen LogP contribution in [0, 0.1) is 0 Å². The molecule has 20 heavy (non-hydrogen) atoms. The Morgan fingerprint density at radius 2 is 2.05 bits per heavy atom. The average molecular weight is 297 g/mol. The zero-order valence-electron chi connectivity index (χ0n) is 12.0. The third-order valence-corrected chi connectivity index (χ3v) is 5.60. The summed E-state index contributed by atoms with van der Waals surface area (Å²) >= 11 is 0. The summed E-state index contributed by atoms with van der Waals surface area (Å²) in [5.74, 6) is 0. The van der Waals surface area contributed by atoms with E-state index in [9.17, 15) is 8.42 Å². The zero-order valence-corrected chi connectivity index (χ0v) is 12.8. The number of unbranched alkanes of at least 4 members (excludes halogenated alkanes) is 1. The Morgan fingerprint density at radius 1 is 1.30 bits per heavy atom. The highest BCUT2D eigenvalue weighted by atomic mass is 32.2. The Bertz CT molecular complexity index is 538. The highest BCUT2D eigenvalue weighted by Gasteiger charge is 2.37. The fraction of sp³-hybridized carbons (Fsp3) is 0.600. The minimum absolute atomic E-state index is 0.115. The number of aryl methyl sites for hydroxylation is 1. The average Bonchev–Trinajstić information content (AvgIpc) is 3.28. The van der Waals surface area contributed by atoms with Gasteiger partial charge in [0, 0.05) is 19.2 Å². The lowest BCUT2D eigenvalue weighted by molar-refractivity contribution is 0.275. The van der Waals surface area contributed by atoms with Crippen LogP contribution in [0.4, 0.5) is 0 Å². The van der Waals surface area contributed by atoms with E-state index in [-0.39, 0.29) is 12.6 Å². The normalized spacial score (nSPS) is 15.8. The number of hydrogen-bond acceptors (Lipinski definition) is 3. The molecule has 112 valence electrons. The lowest BCUT2D eigenvalue weighted by Gasteiger charge is -2.22. The van der Waals surface area contributed by atoms with Crippen LogP contribution in [0.3, 0.4) is 0 Å². The maximum absolute atomic E-state index is 12.7. The van der Waals surface area contributed by atoms with E-state index in [1.165, 1.54) is 0 Å². The maximum atomic E-state index is 12.7. The van der Waals surface area contributed by atoms with E-state index >= 15 is 0 Å². The second kappa shape index (κ2) is 6.70. The van der Waals surface area contributed by atoms with Crippen LogP contribution in [0.25, 0.3) is 0 Å². The number of aliphatic hydroxyl groups excluding tert-OH is 1. The third kappa shape index (κ3) is 3.59. The second-order valence-electron chi connectivity index (χ2n) is 5.28. The number of benzene rings is 1. The molecular formula is C15H23NO3S. The molecule has 0 amide bonds. The smallest absolute Gasteiger partial charge is 0.243 e. The molecule has 5 heteroatoms. The first kappa shape index (κ1) is 15.5. The molecule has 1 fully saturated rings. The molecule has 0 unspecified atom stereocenters. The van der Waals surface area contributed by atoms with Gasteiger partial charge in [0.15, 0.2) is 0 Å². The number of sulfonamides is 1. The van der Waals surface area contributed by atoms with Gasteiger partial charge in [-0.05, 0) is 49.8 Å². The maximum Gasteiger partial charge on any atom is 0.243 e. The summed E-state index contributed by atoms with van der Waals surface area (Å²) < 4.78 is 27.1. The van der Waals surface area contributed by atoms with Crippen molar-refractivity contribution in [3.63, 3.8) is 0 Å². The summed E-state index contributed by atoms with van der Waals surface area (Å²) in [6.07, 6.45) is 4.09. The molecule has 1 aromatic rings. The van der Waals surface area contributed by atoms with Crippen molar-refractivity contribution in [1.29, 1.82) is 0 Å². The van der Waals surface area contributed by atoms with E-state index in [4.69, 9.17) is 5.11 Å². The lowest BCUT2D eigenvalue weighted by Crippen LogP contribution is -2.34. The number of rotatable bonds is 8. The van der Waals surface area contributed by atoms with E-state index in [1.807, 2.05) is 19.1 Å². The van der Waals surface area contributed by atoms with Gasteiger partial charge in [-0.2, -0.15) is 4.31 Å². The van der Waals surface area contributed by atoms with Crippen LogP contribution in [0.5, 0.6) is 0 Å². The van der Waals surface area contributed by atoms with Crippen LogP contribution in [0.1, 0.15) is 38.2 Å². The van der Waals surface area contributed by atoms with Gasteiger partial charge in [0.1, 0.15) is 0 Å². The summed E-state index contributed by atoms with van der Waals surface area (Å²) in [6, 6.07) is 7.37. The van der Waals surface area contributed by atoms with E-state index < -0.39 is 10.0 Å². The van der Waals surface area contributed by atoms with Crippen LogP contribution in [0.15, 0.2) is 29.2 Å². The molecule has 0 saturated heterocycles. The van der Waals surface area contributed by atoms with Gasteiger partial charge < -0.3 is 5.11 Å². The Balaban J connectivity index is 2.20. The Kier molecular flexibility index (Phi) is 5.18. The summed E-state index contributed by atoms with van der Waals surface area (Å²) in [7, 11) is -3.40. The van der Waals surface area contributed by atoms with Crippen molar-refractivity contribution in [3.05, 3.63) is 29.8 Å². The molecular weight excluding hydrogens is 274 g/mol. The van der Waals surface area contributed by atoms with Crippen molar-refractivity contribution < 1.29 is 13.5 Å². The Hall–Kier alpha value is -0.910. The standard InChI is InChI=1S/C15H23NO3S/c1-2-13-6-5-7-15(12-13)20(18,19)16(14-8-9-14)10-3-4-11-17/h5-7,12,14,17H,2-4,8-11H2,1H3. The van der Waals surface area contributed by atoms with E-state index in [0.717, 1.165) is 24.8 Å². The van der Waals surface area contributed by atoms with Crippen LogP contribution in [-0.2, 0) is 16.4 Å². The molecule has 4 nitrogen and oxygen atoms in total. The van der Waals surface area contributed by atoms with Crippen molar-refractivity contribution in [2.24, 2.45) is 0 Å². The van der Waals surface area contributed by atoms with Crippen molar-refractivity contribution in [1.82, 2.24) is 4.31 Å². The van der Waals surface area contributed by atoms with Gasteiger partial charge >= 0.3 is 0 Å². The quantitative estimate of drug-likeness (QED) is 0.748. The Labute approximate surface area is 121 Å². The second-order valence-corrected chi connectivity index (χ2v) is 7.17. The molecule has 0 heterocycles. The fourth-order valence-corrected chi connectivity index (χ4v) is 4.10. The van der Waals surface area contributed by atoms with Crippen molar-refractivity contribution in [2.45, 2.75) is 50.0 Å². The molecule has 0 atom stereocenters. The third-order valence-electron chi connectivity index (χ3n) is 3.65. The Morgan fingerprint density at radius 3 is 2.65 bits per heavy atom. The first-order valence-corrected chi connectivity index (χ1v) is 8.75. The zero-order chi connectivity index (χ0) is 14.6. The fourth-order valence-electron chi connectivity index (χ4n) is 2.30. The largest absolute Gasteiger partial charge is 0.396 e. The van der Waals surface area contributed by atoms with Gasteiger partial charge in [-0.1, -0.05) is 19.1 Å². The summed E-state index contributed by atoms with van der Waals surface area (Å²) in [5.41, 5.74) is 1.04. The molecule has 0 radical (unpaired) electrons. The molecule has 1 saturated carbocycles. The van der Waals surface area contributed by atoms with E-state index in [0.29, 0.717) is 24.3 Å². The lowest BCUT2D eigenvalue weighted by atomic mass is 10.2. The molecule has 0 bridgehead atoms. The van der Waals surface area contributed by atoms with Gasteiger partial charge in [-0.15, -0.1) is 0 Å². The van der Waals surface area contributed by atoms with Gasteiger partial charge in [-0.3, -0.25) is 0 Å². The molecule has 0 aliphatic heterocycles. The SMILES string of the molecule is CCc1cccc(S(=O)(=O)N(CCCCO)C2CC2)c1. The minimum Gasteiger partial charge on any atom is -0.396 e. The molecule has 1 aromatic carbocycles. The summed E-state index contributed by atoms with van der Waals surface area (Å²) in [6.45, 7) is 2.64. The van der Waals surface area contributed by atoms with Crippen LogP contribution >= 0.6 is 0 Å². The number of aliphatic hydroxyl groups is 1. The van der Waals surface area contributed by atoms with Crippen LogP contribution in [0.2, 0.25) is 0 Å². The molecule has 1 aliphatic carbocycles. The van der Waals surface area contributed by atoms with Gasteiger partial charge in [0.05, 0.1) is 4.90 Å². The first-order chi connectivity index (χ1) is 9.59. The van der Waals surface area contributed by atoms with Crippen LogP contribution in [-0.4, -0.2) is 37.0 Å². The first-order valence-electron chi connectivity index (χ1n) is 7.31. The van der Waals surface area contributed by atoms with Crippen LogP contribution < -0.4 is 0 Å². The van der Waals surface area contributed by atoms with Gasteiger partial charge in [0.25, 0.3) is 0 Å². The highest BCUT2D eigenvalue weighted by molar-refractivity contribution is 7.89. The topological polar surface area (TPSA) is 57.6 Å². The monoisotopic (exact) mass is 297 g/mol. The molecule has 0 spiro atoms. The molecule has 1 N–H and O–H groups in total. The van der Waals surface area contributed by atoms with Crippen molar-refractivity contribution >= 4 is 10.0 Å². The van der Waals surface area contributed by atoms with Gasteiger partial charge in [0.2, 0.25) is 10.0 Å². The number of hydrogen-bond donors (Lipinski definition) is 1. The predicted molar refractivity (Wildman–Crippen MR) is 79.1 cm³/mol. The molecule has 0 aromatic heterocycles. The molecule has 1 aliphatic rings. The van der Waals surface area contributed by atoms with Gasteiger partial charge in [-0.25, -0.2) is 8.42 Å². The summed E-state index contributed by atoms with van der Waals surface area (Å²) in [4.78, 5) is 0.396. The van der Waals surface area contributed by atoms with Crippen molar-refractivity contribution in [3.8, 4) is 0 Å². The summed E-state index contributed by atoms with van der Waals surface area (Å²) in [5, 5.41) is 8.85. The number of nitrogens with zero attached hydrogens (tertiary/aromatic N) is 1. The van der Waals surface area contributed by atoms with Crippen molar-refractivity contribution in [2.75, 3.05) is 13.2 Å².